The summed E-state index contributed by atoms with van der Waals surface area (Å²) in [6, 6.07) is 6.47. The van der Waals surface area contributed by atoms with E-state index in [1.54, 1.807) is 19.3 Å². The van der Waals surface area contributed by atoms with Crippen LogP contribution in [0.5, 0.6) is 0 Å². The summed E-state index contributed by atoms with van der Waals surface area (Å²) in [7, 11) is 1.67. The summed E-state index contributed by atoms with van der Waals surface area (Å²) in [5.74, 6) is 0.466. The van der Waals surface area contributed by atoms with Gasteiger partial charge in [-0.1, -0.05) is 0 Å². The monoisotopic (exact) mass is 244 g/mol. The number of hydrogen-bond acceptors (Lipinski definition) is 5. The van der Waals surface area contributed by atoms with E-state index in [0.717, 1.165) is 11.3 Å². The maximum Gasteiger partial charge on any atom is 0.275 e. The maximum atomic E-state index is 10.9. The quantitative estimate of drug-likeness (QED) is 0.662. The van der Waals surface area contributed by atoms with Crippen molar-refractivity contribution in [1.29, 1.82) is 0 Å². The predicted molar refractivity (Wildman–Crippen MR) is 68.4 cm³/mol. The fourth-order valence-electron chi connectivity index (χ4n) is 1.60. The minimum absolute atomic E-state index is 0.0128. The second-order valence-corrected chi connectivity index (χ2v) is 3.79. The summed E-state index contributed by atoms with van der Waals surface area (Å²) >= 11 is 0. The van der Waals surface area contributed by atoms with Crippen molar-refractivity contribution in [3.05, 3.63) is 46.3 Å². The lowest BCUT2D eigenvalue weighted by Crippen LogP contribution is -1.97. The molecule has 0 aromatic carbocycles. The van der Waals surface area contributed by atoms with Crippen LogP contribution in [0.25, 0.3) is 11.3 Å². The number of anilines is 1. The van der Waals surface area contributed by atoms with Gasteiger partial charge in [-0.05, 0) is 19.1 Å². The Bertz CT molecular complexity index is 598. The molecule has 92 valence electrons. The predicted octanol–water partition coefficient (Wildman–Crippen LogP) is 2.40. The van der Waals surface area contributed by atoms with Gasteiger partial charge in [-0.15, -0.1) is 0 Å². The third-order valence-electron chi connectivity index (χ3n) is 2.47. The van der Waals surface area contributed by atoms with Gasteiger partial charge in [-0.25, -0.2) is 4.98 Å². The van der Waals surface area contributed by atoms with Gasteiger partial charge in [0.25, 0.3) is 5.69 Å². The molecule has 0 saturated heterocycles. The molecule has 0 fully saturated rings. The van der Waals surface area contributed by atoms with Crippen LogP contribution < -0.4 is 5.32 Å². The summed E-state index contributed by atoms with van der Waals surface area (Å²) in [5.41, 5.74) is 2.22. The summed E-state index contributed by atoms with van der Waals surface area (Å²) in [6.07, 6.45) is 1.66. The van der Waals surface area contributed by atoms with Gasteiger partial charge in [-0.2, -0.15) is 0 Å². The average Bonchev–Trinajstić information content (AvgIpc) is 2.38. The van der Waals surface area contributed by atoms with Crippen LogP contribution in [0.4, 0.5) is 11.5 Å². The second kappa shape index (κ2) is 4.79. The number of rotatable bonds is 3. The largest absolute Gasteiger partial charge is 0.373 e. The lowest BCUT2D eigenvalue weighted by molar-refractivity contribution is -0.384. The molecule has 0 amide bonds. The van der Waals surface area contributed by atoms with Gasteiger partial charge in [0.05, 0.1) is 16.7 Å². The highest BCUT2D eigenvalue weighted by Crippen LogP contribution is 2.25. The minimum Gasteiger partial charge on any atom is -0.373 e. The Labute approximate surface area is 104 Å². The van der Waals surface area contributed by atoms with Crippen LogP contribution >= 0.6 is 0 Å². The van der Waals surface area contributed by atoms with E-state index in [4.69, 9.17) is 0 Å². The summed E-state index contributed by atoms with van der Waals surface area (Å²) in [5, 5.41) is 13.7. The molecule has 0 atom stereocenters. The van der Waals surface area contributed by atoms with Gasteiger partial charge in [-0.3, -0.25) is 15.1 Å². The molecule has 6 nitrogen and oxygen atoms in total. The Hall–Kier alpha value is -2.50. The number of nitrogens with one attached hydrogen (secondary N) is 1. The first-order valence-corrected chi connectivity index (χ1v) is 5.37. The van der Waals surface area contributed by atoms with E-state index >= 15 is 0 Å². The third-order valence-corrected chi connectivity index (χ3v) is 2.47. The standard InChI is InChI=1S/C12H12N4O2/c1-8-5-9(3-4-14-8)11-6-10(16(17)18)7-12(13-2)15-11/h3-7H,1-2H3,(H,13,15). The Morgan fingerprint density at radius 1 is 1.33 bits per heavy atom. The number of hydrogen-bond donors (Lipinski definition) is 1. The lowest BCUT2D eigenvalue weighted by atomic mass is 10.1. The van der Waals surface area contributed by atoms with Crippen molar-refractivity contribution in [3.8, 4) is 11.3 Å². The fraction of sp³-hybridized carbons (Fsp3) is 0.167. The fourth-order valence-corrected chi connectivity index (χ4v) is 1.60. The van der Waals surface area contributed by atoms with Crippen LogP contribution in [0, 0.1) is 17.0 Å². The van der Waals surface area contributed by atoms with Gasteiger partial charge in [0.1, 0.15) is 5.82 Å². The highest BCUT2D eigenvalue weighted by atomic mass is 16.6. The van der Waals surface area contributed by atoms with Crippen LogP contribution in [0.1, 0.15) is 5.69 Å². The molecule has 2 aromatic rings. The van der Waals surface area contributed by atoms with Crippen LogP contribution in [0.2, 0.25) is 0 Å². The van der Waals surface area contributed by atoms with E-state index in [2.05, 4.69) is 15.3 Å². The highest BCUT2D eigenvalue weighted by molar-refractivity contribution is 5.65. The molecule has 2 heterocycles. The molecule has 0 saturated carbocycles. The molecule has 0 radical (unpaired) electrons. The molecule has 1 N–H and O–H groups in total. The maximum absolute atomic E-state index is 10.9. The first-order chi connectivity index (χ1) is 8.60. The van der Waals surface area contributed by atoms with E-state index in [-0.39, 0.29) is 5.69 Å². The molecule has 2 rings (SSSR count). The van der Waals surface area contributed by atoms with E-state index in [1.807, 2.05) is 13.0 Å². The summed E-state index contributed by atoms with van der Waals surface area (Å²) in [4.78, 5) is 18.8. The van der Waals surface area contributed by atoms with Crippen molar-refractivity contribution in [2.75, 3.05) is 12.4 Å². The molecule has 0 spiro atoms. The highest BCUT2D eigenvalue weighted by Gasteiger charge is 2.12. The van der Waals surface area contributed by atoms with Crippen molar-refractivity contribution >= 4 is 11.5 Å². The molecule has 18 heavy (non-hydrogen) atoms. The second-order valence-electron chi connectivity index (χ2n) is 3.79. The number of pyridine rings is 2. The van der Waals surface area contributed by atoms with Gasteiger partial charge < -0.3 is 5.32 Å². The normalized spacial score (nSPS) is 10.1. The van der Waals surface area contributed by atoms with Crippen molar-refractivity contribution in [2.24, 2.45) is 0 Å². The van der Waals surface area contributed by atoms with Crippen LogP contribution in [0.3, 0.4) is 0 Å². The van der Waals surface area contributed by atoms with Crippen LogP contribution in [0.15, 0.2) is 30.5 Å². The van der Waals surface area contributed by atoms with Crippen molar-refractivity contribution < 1.29 is 4.92 Å². The van der Waals surface area contributed by atoms with Crippen molar-refractivity contribution in [1.82, 2.24) is 9.97 Å². The van der Waals surface area contributed by atoms with E-state index in [9.17, 15) is 10.1 Å². The van der Waals surface area contributed by atoms with Gasteiger partial charge >= 0.3 is 0 Å². The Morgan fingerprint density at radius 2 is 2.11 bits per heavy atom. The van der Waals surface area contributed by atoms with Gasteiger partial charge in [0.15, 0.2) is 0 Å². The number of nitro groups is 1. The van der Waals surface area contributed by atoms with E-state index in [0.29, 0.717) is 11.5 Å². The smallest absolute Gasteiger partial charge is 0.275 e. The first-order valence-electron chi connectivity index (χ1n) is 5.37. The van der Waals surface area contributed by atoms with E-state index in [1.165, 1.54) is 12.1 Å². The number of aryl methyl sites for hydroxylation is 1. The summed E-state index contributed by atoms with van der Waals surface area (Å²) < 4.78 is 0. The Morgan fingerprint density at radius 3 is 2.72 bits per heavy atom. The zero-order valence-electron chi connectivity index (χ0n) is 10.0. The number of aromatic nitrogens is 2. The zero-order valence-corrected chi connectivity index (χ0v) is 10.0. The lowest BCUT2D eigenvalue weighted by Gasteiger charge is -2.05. The summed E-state index contributed by atoms with van der Waals surface area (Å²) in [6.45, 7) is 1.86. The number of nitrogens with zero attached hydrogens (tertiary/aromatic N) is 3. The topological polar surface area (TPSA) is 81.0 Å². The molecule has 6 heteroatoms. The minimum atomic E-state index is -0.430. The SMILES string of the molecule is CNc1cc([N+](=O)[O-])cc(-c2ccnc(C)c2)n1. The molecule has 0 aliphatic rings. The molecule has 0 unspecified atom stereocenters. The Kier molecular flexibility index (Phi) is 3.18. The van der Waals surface area contributed by atoms with Gasteiger partial charge in [0, 0.05) is 30.6 Å². The zero-order chi connectivity index (χ0) is 13.1. The molecule has 0 aliphatic carbocycles. The van der Waals surface area contributed by atoms with Crippen LogP contribution in [-0.2, 0) is 0 Å². The molecular weight excluding hydrogens is 232 g/mol. The molecule has 2 aromatic heterocycles. The molecule has 0 aliphatic heterocycles. The molecular formula is C12H12N4O2. The Balaban J connectivity index is 2.56. The third kappa shape index (κ3) is 2.42. The van der Waals surface area contributed by atoms with Crippen molar-refractivity contribution in [2.45, 2.75) is 6.92 Å². The first kappa shape index (κ1) is 12.0. The van der Waals surface area contributed by atoms with Crippen molar-refractivity contribution in [3.63, 3.8) is 0 Å². The van der Waals surface area contributed by atoms with E-state index < -0.39 is 4.92 Å². The van der Waals surface area contributed by atoms with Crippen LogP contribution in [-0.4, -0.2) is 21.9 Å². The molecule has 0 bridgehead atoms. The van der Waals surface area contributed by atoms with Gasteiger partial charge in [0.2, 0.25) is 0 Å². The average molecular weight is 244 g/mol.